The first-order valence-corrected chi connectivity index (χ1v) is 9.76. The van der Waals surface area contributed by atoms with E-state index in [1.165, 1.54) is 12.8 Å². The van der Waals surface area contributed by atoms with E-state index in [0.717, 1.165) is 61.2 Å². The van der Waals surface area contributed by atoms with Gasteiger partial charge in [-0.1, -0.05) is 6.07 Å². The molecule has 0 spiro atoms. The lowest BCUT2D eigenvalue weighted by Crippen LogP contribution is -2.45. The Balaban J connectivity index is 0.00000140. The van der Waals surface area contributed by atoms with Crippen LogP contribution in [0.15, 0.2) is 30.5 Å². The van der Waals surface area contributed by atoms with Crippen molar-refractivity contribution in [2.45, 2.75) is 45.6 Å². The molecular weight excluding hydrogens is 395 g/mol. The van der Waals surface area contributed by atoms with Crippen LogP contribution in [0.5, 0.6) is 0 Å². The van der Waals surface area contributed by atoms with Crippen molar-refractivity contribution in [1.82, 2.24) is 19.8 Å². The molecule has 0 bridgehead atoms. The normalized spacial score (nSPS) is 17.0. The number of nitrogens with one attached hydrogen (secondary N) is 1. The van der Waals surface area contributed by atoms with Gasteiger partial charge < -0.3 is 14.8 Å². The van der Waals surface area contributed by atoms with Gasteiger partial charge in [-0.2, -0.15) is 0 Å². The van der Waals surface area contributed by atoms with Crippen LogP contribution in [0.3, 0.4) is 0 Å². The highest BCUT2D eigenvalue weighted by Crippen LogP contribution is 2.28. The van der Waals surface area contributed by atoms with E-state index in [1.807, 2.05) is 43.0 Å². The highest BCUT2D eigenvalue weighted by Gasteiger charge is 2.28. The molecule has 2 aliphatic rings. The summed E-state index contributed by atoms with van der Waals surface area (Å²) in [7, 11) is 0. The molecule has 1 N–H and O–H groups in total. The lowest BCUT2D eigenvalue weighted by atomic mass is 10.0. The Morgan fingerprint density at radius 3 is 2.46 bits per heavy atom. The number of halogens is 2. The molecular formula is C21H30Cl2N4O. The second kappa shape index (κ2) is 9.77. The molecule has 5 nitrogen and oxygen atoms in total. The van der Waals surface area contributed by atoms with Crippen molar-refractivity contribution in [3.05, 3.63) is 47.4 Å². The van der Waals surface area contributed by atoms with Crippen LogP contribution in [0.1, 0.15) is 47.4 Å². The average Bonchev–Trinajstić information content (AvgIpc) is 3.45. The van der Waals surface area contributed by atoms with Gasteiger partial charge in [-0.15, -0.1) is 24.8 Å². The van der Waals surface area contributed by atoms with E-state index < -0.39 is 0 Å². The fourth-order valence-corrected chi connectivity index (χ4v) is 3.93. The van der Waals surface area contributed by atoms with Gasteiger partial charge in [0.2, 0.25) is 0 Å². The van der Waals surface area contributed by atoms with E-state index in [2.05, 4.69) is 14.9 Å². The Hall–Kier alpha value is -1.56. The van der Waals surface area contributed by atoms with Crippen molar-refractivity contribution in [3.63, 3.8) is 0 Å². The standard InChI is InChI=1S/C21H28N4O.2ClH/c1-15-13-19(16(2)25(15)20-5-3-4-10-22-20)21(26)24-11-8-18(9-12-24)23-14-17-6-7-17;;/h3-5,10,13,17-18,23H,6-9,11-12,14H2,1-2H3;2*1H. The van der Waals surface area contributed by atoms with Crippen LogP contribution >= 0.6 is 24.8 Å². The molecule has 2 aromatic heterocycles. The maximum absolute atomic E-state index is 13.1. The maximum atomic E-state index is 13.1. The number of piperidine rings is 1. The number of hydrogen-bond acceptors (Lipinski definition) is 3. The van der Waals surface area contributed by atoms with Gasteiger partial charge >= 0.3 is 0 Å². The predicted octanol–water partition coefficient (Wildman–Crippen LogP) is 3.94. The molecule has 0 aromatic carbocycles. The first-order chi connectivity index (χ1) is 12.6. The summed E-state index contributed by atoms with van der Waals surface area (Å²) in [5.74, 6) is 1.93. The van der Waals surface area contributed by atoms with Gasteiger partial charge in [0, 0.05) is 36.7 Å². The van der Waals surface area contributed by atoms with Crippen LogP contribution in [0.25, 0.3) is 5.82 Å². The number of carbonyl (C=O) groups is 1. The summed E-state index contributed by atoms with van der Waals surface area (Å²) in [4.78, 5) is 19.5. The second-order valence-electron chi connectivity index (χ2n) is 7.73. The molecule has 1 aliphatic carbocycles. The summed E-state index contributed by atoms with van der Waals surface area (Å²) in [6.45, 7) is 6.89. The lowest BCUT2D eigenvalue weighted by molar-refractivity contribution is 0.0704. The van der Waals surface area contributed by atoms with Gasteiger partial charge in [0.15, 0.2) is 0 Å². The van der Waals surface area contributed by atoms with E-state index in [0.29, 0.717) is 6.04 Å². The summed E-state index contributed by atoms with van der Waals surface area (Å²) in [5.41, 5.74) is 2.82. The molecule has 2 aromatic rings. The highest BCUT2D eigenvalue weighted by molar-refractivity contribution is 5.96. The number of pyridine rings is 1. The highest BCUT2D eigenvalue weighted by atomic mass is 35.5. The molecule has 154 valence electrons. The van der Waals surface area contributed by atoms with Crippen molar-refractivity contribution >= 4 is 30.7 Å². The Labute approximate surface area is 179 Å². The fourth-order valence-electron chi connectivity index (χ4n) is 3.93. The van der Waals surface area contributed by atoms with Gasteiger partial charge in [0.05, 0.1) is 5.56 Å². The minimum Gasteiger partial charge on any atom is -0.338 e. The minimum absolute atomic E-state index is 0. The molecule has 4 rings (SSSR count). The lowest BCUT2D eigenvalue weighted by Gasteiger charge is -2.32. The van der Waals surface area contributed by atoms with Gasteiger partial charge in [-0.05, 0) is 70.2 Å². The van der Waals surface area contributed by atoms with Crippen LogP contribution in [-0.4, -0.2) is 46.0 Å². The summed E-state index contributed by atoms with van der Waals surface area (Å²) in [6.07, 6.45) is 6.66. The van der Waals surface area contributed by atoms with E-state index in [1.54, 1.807) is 6.20 Å². The van der Waals surface area contributed by atoms with Crippen molar-refractivity contribution in [3.8, 4) is 5.82 Å². The molecule has 2 fully saturated rings. The van der Waals surface area contributed by atoms with Crippen LogP contribution in [-0.2, 0) is 0 Å². The van der Waals surface area contributed by atoms with Gasteiger partial charge in [-0.3, -0.25) is 4.79 Å². The molecule has 1 amide bonds. The molecule has 0 unspecified atom stereocenters. The minimum atomic E-state index is 0. The zero-order valence-corrected chi connectivity index (χ0v) is 18.2. The summed E-state index contributed by atoms with van der Waals surface area (Å²) in [6, 6.07) is 8.43. The third-order valence-corrected chi connectivity index (χ3v) is 5.71. The first-order valence-electron chi connectivity index (χ1n) is 9.76. The number of carbonyl (C=O) groups excluding carboxylic acids is 1. The third kappa shape index (κ3) is 4.88. The van der Waals surface area contributed by atoms with Crippen molar-refractivity contribution < 1.29 is 4.79 Å². The Morgan fingerprint density at radius 1 is 1.14 bits per heavy atom. The largest absolute Gasteiger partial charge is 0.338 e. The second-order valence-corrected chi connectivity index (χ2v) is 7.73. The summed E-state index contributed by atoms with van der Waals surface area (Å²) in [5, 5.41) is 3.68. The summed E-state index contributed by atoms with van der Waals surface area (Å²) >= 11 is 0. The number of nitrogens with zero attached hydrogens (tertiary/aromatic N) is 3. The number of hydrogen-bond donors (Lipinski definition) is 1. The van der Waals surface area contributed by atoms with Crippen LogP contribution in [0.2, 0.25) is 0 Å². The van der Waals surface area contributed by atoms with E-state index in [-0.39, 0.29) is 30.7 Å². The van der Waals surface area contributed by atoms with Crippen LogP contribution < -0.4 is 5.32 Å². The number of rotatable bonds is 5. The third-order valence-electron chi connectivity index (χ3n) is 5.71. The summed E-state index contributed by atoms with van der Waals surface area (Å²) < 4.78 is 2.07. The number of likely N-dealkylation sites (tertiary alicyclic amines) is 1. The molecule has 1 saturated carbocycles. The van der Waals surface area contributed by atoms with Crippen molar-refractivity contribution in [2.24, 2.45) is 5.92 Å². The van der Waals surface area contributed by atoms with Crippen molar-refractivity contribution in [1.29, 1.82) is 0 Å². The van der Waals surface area contributed by atoms with Crippen molar-refractivity contribution in [2.75, 3.05) is 19.6 Å². The molecule has 0 radical (unpaired) electrons. The Kier molecular flexibility index (Phi) is 7.93. The Bertz CT molecular complexity index is 781. The zero-order valence-electron chi connectivity index (χ0n) is 16.6. The predicted molar refractivity (Wildman–Crippen MR) is 117 cm³/mol. The van der Waals surface area contributed by atoms with Crippen LogP contribution in [0.4, 0.5) is 0 Å². The molecule has 28 heavy (non-hydrogen) atoms. The van der Waals surface area contributed by atoms with Gasteiger partial charge in [-0.25, -0.2) is 4.98 Å². The van der Waals surface area contributed by atoms with E-state index in [9.17, 15) is 4.79 Å². The monoisotopic (exact) mass is 424 g/mol. The topological polar surface area (TPSA) is 50.2 Å². The molecule has 0 atom stereocenters. The fraction of sp³-hybridized carbons (Fsp3) is 0.524. The molecule has 1 saturated heterocycles. The smallest absolute Gasteiger partial charge is 0.255 e. The molecule has 7 heteroatoms. The number of aryl methyl sites for hydroxylation is 1. The van der Waals surface area contributed by atoms with Gasteiger partial charge in [0.1, 0.15) is 5.82 Å². The number of amides is 1. The SMILES string of the molecule is Cc1cc(C(=O)N2CCC(NCC3CC3)CC2)c(C)n1-c1ccccn1.Cl.Cl. The maximum Gasteiger partial charge on any atom is 0.255 e. The Morgan fingerprint density at radius 2 is 1.86 bits per heavy atom. The van der Waals surface area contributed by atoms with E-state index >= 15 is 0 Å². The zero-order chi connectivity index (χ0) is 18.1. The number of aromatic nitrogens is 2. The van der Waals surface area contributed by atoms with E-state index in [4.69, 9.17) is 0 Å². The van der Waals surface area contributed by atoms with Crippen LogP contribution in [0, 0.1) is 19.8 Å². The molecule has 3 heterocycles. The molecule has 1 aliphatic heterocycles. The quantitative estimate of drug-likeness (QED) is 0.790. The van der Waals surface area contributed by atoms with Gasteiger partial charge in [0.25, 0.3) is 5.91 Å². The average molecular weight is 425 g/mol. The first kappa shape index (κ1) is 22.7.